The van der Waals surface area contributed by atoms with Crippen molar-refractivity contribution in [1.29, 1.82) is 0 Å². The van der Waals surface area contributed by atoms with Crippen LogP contribution in [0.1, 0.15) is 20.3 Å². The fourth-order valence-electron chi connectivity index (χ4n) is 2.55. The highest BCUT2D eigenvalue weighted by Crippen LogP contribution is 2.42. The number of esters is 1. The number of hydrogen-bond donors (Lipinski definition) is 2. The molecule has 0 radical (unpaired) electrons. The summed E-state index contributed by atoms with van der Waals surface area (Å²) in [6, 6.07) is 12.3. The molecule has 0 aliphatic heterocycles. The molecular formula is C19H18O4. The number of ether oxygens (including phenoxy) is 1. The van der Waals surface area contributed by atoms with Gasteiger partial charge in [0.15, 0.2) is 11.5 Å². The van der Waals surface area contributed by atoms with Crippen molar-refractivity contribution in [3.05, 3.63) is 42.5 Å². The SMILES string of the molecule is CCC(C)C(=O)Oc1c2ccccc2cc2c(O)c(O)ccc12. The van der Waals surface area contributed by atoms with Gasteiger partial charge in [0.05, 0.1) is 5.92 Å². The number of rotatable bonds is 3. The molecule has 0 aliphatic rings. The number of carbonyl (C=O) groups excluding carboxylic acids is 1. The second-order valence-corrected chi connectivity index (χ2v) is 5.69. The van der Waals surface area contributed by atoms with Crippen LogP contribution in [0.5, 0.6) is 17.2 Å². The van der Waals surface area contributed by atoms with Crippen LogP contribution in [0.4, 0.5) is 0 Å². The summed E-state index contributed by atoms with van der Waals surface area (Å²) in [4.78, 5) is 12.2. The molecule has 3 aromatic carbocycles. The van der Waals surface area contributed by atoms with Crippen LogP contribution < -0.4 is 4.74 Å². The zero-order chi connectivity index (χ0) is 16.6. The number of carbonyl (C=O) groups is 1. The van der Waals surface area contributed by atoms with Crippen molar-refractivity contribution < 1.29 is 19.7 Å². The second-order valence-electron chi connectivity index (χ2n) is 5.69. The summed E-state index contributed by atoms with van der Waals surface area (Å²) in [6.45, 7) is 3.75. The molecule has 0 fully saturated rings. The number of phenolic OH excluding ortho intramolecular Hbond substituents is 2. The minimum atomic E-state index is -0.308. The third-order valence-corrected chi connectivity index (χ3v) is 4.16. The van der Waals surface area contributed by atoms with E-state index in [9.17, 15) is 15.0 Å². The first-order valence-electron chi connectivity index (χ1n) is 7.61. The fraction of sp³-hybridized carbons (Fsp3) is 0.211. The zero-order valence-electron chi connectivity index (χ0n) is 13.0. The molecule has 0 aliphatic carbocycles. The van der Waals surface area contributed by atoms with E-state index in [0.717, 1.165) is 10.8 Å². The van der Waals surface area contributed by atoms with Gasteiger partial charge in [-0.05, 0) is 30.0 Å². The Kier molecular flexibility index (Phi) is 3.82. The van der Waals surface area contributed by atoms with Gasteiger partial charge in [0.25, 0.3) is 0 Å². The van der Waals surface area contributed by atoms with E-state index in [1.54, 1.807) is 12.1 Å². The van der Waals surface area contributed by atoms with Gasteiger partial charge in [-0.1, -0.05) is 38.1 Å². The van der Waals surface area contributed by atoms with Crippen LogP contribution in [0, 0.1) is 5.92 Å². The van der Waals surface area contributed by atoms with Gasteiger partial charge in [-0.2, -0.15) is 0 Å². The smallest absolute Gasteiger partial charge is 0.314 e. The molecule has 0 saturated heterocycles. The lowest BCUT2D eigenvalue weighted by Gasteiger charge is -2.15. The van der Waals surface area contributed by atoms with E-state index < -0.39 is 0 Å². The molecule has 3 aromatic rings. The minimum Gasteiger partial charge on any atom is -0.504 e. The first-order valence-corrected chi connectivity index (χ1v) is 7.61. The van der Waals surface area contributed by atoms with Crippen LogP contribution in [0.2, 0.25) is 0 Å². The highest BCUT2D eigenvalue weighted by Gasteiger charge is 2.19. The molecular weight excluding hydrogens is 292 g/mol. The highest BCUT2D eigenvalue weighted by atomic mass is 16.5. The molecule has 1 unspecified atom stereocenters. The van der Waals surface area contributed by atoms with Crippen LogP contribution >= 0.6 is 0 Å². The van der Waals surface area contributed by atoms with Gasteiger partial charge in [0.2, 0.25) is 0 Å². The van der Waals surface area contributed by atoms with E-state index in [2.05, 4.69) is 0 Å². The van der Waals surface area contributed by atoms with E-state index in [1.165, 1.54) is 6.07 Å². The number of phenols is 2. The van der Waals surface area contributed by atoms with Crippen LogP contribution in [-0.4, -0.2) is 16.2 Å². The Morgan fingerprint density at radius 3 is 2.57 bits per heavy atom. The lowest BCUT2D eigenvalue weighted by Crippen LogP contribution is -2.17. The van der Waals surface area contributed by atoms with Gasteiger partial charge < -0.3 is 14.9 Å². The Bertz CT molecular complexity index is 899. The number of fused-ring (bicyclic) bond motifs is 2. The van der Waals surface area contributed by atoms with Gasteiger partial charge in [-0.25, -0.2) is 0 Å². The van der Waals surface area contributed by atoms with Crippen molar-refractivity contribution in [3.63, 3.8) is 0 Å². The van der Waals surface area contributed by atoms with Crippen LogP contribution in [0.3, 0.4) is 0 Å². The summed E-state index contributed by atoms with van der Waals surface area (Å²) in [5.41, 5.74) is 0. The van der Waals surface area contributed by atoms with E-state index in [1.807, 2.05) is 38.1 Å². The summed E-state index contributed by atoms with van der Waals surface area (Å²) in [5.74, 6) is -0.521. The molecule has 0 amide bonds. The van der Waals surface area contributed by atoms with Crippen LogP contribution in [-0.2, 0) is 4.79 Å². The van der Waals surface area contributed by atoms with E-state index in [-0.39, 0.29) is 23.4 Å². The normalized spacial score (nSPS) is 12.4. The molecule has 118 valence electrons. The van der Waals surface area contributed by atoms with Crippen molar-refractivity contribution in [2.45, 2.75) is 20.3 Å². The quantitative estimate of drug-likeness (QED) is 0.326. The highest BCUT2D eigenvalue weighted by molar-refractivity contribution is 6.09. The topological polar surface area (TPSA) is 66.8 Å². The van der Waals surface area contributed by atoms with E-state index >= 15 is 0 Å². The molecule has 0 aromatic heterocycles. The molecule has 4 nitrogen and oxygen atoms in total. The predicted octanol–water partition coefficient (Wildman–Crippen LogP) is 4.36. The summed E-state index contributed by atoms with van der Waals surface area (Å²) >= 11 is 0. The molecule has 0 bridgehead atoms. The molecule has 4 heteroatoms. The Balaban J connectivity index is 2.30. The molecule has 2 N–H and O–H groups in total. The standard InChI is InChI=1S/C19H18O4/c1-3-11(2)19(22)23-18-13-7-5-4-6-12(13)10-15-14(18)8-9-16(20)17(15)21/h4-11,20-21H,3H2,1-2H3. The predicted molar refractivity (Wildman–Crippen MR) is 89.9 cm³/mol. The van der Waals surface area contributed by atoms with E-state index in [4.69, 9.17) is 4.74 Å². The average Bonchev–Trinajstić information content (AvgIpc) is 2.57. The van der Waals surface area contributed by atoms with Gasteiger partial charge >= 0.3 is 5.97 Å². The zero-order valence-corrected chi connectivity index (χ0v) is 13.0. The molecule has 3 rings (SSSR count). The number of aromatic hydroxyl groups is 2. The molecule has 23 heavy (non-hydrogen) atoms. The van der Waals surface area contributed by atoms with Gasteiger partial charge in [-0.3, -0.25) is 4.79 Å². The maximum Gasteiger partial charge on any atom is 0.314 e. The largest absolute Gasteiger partial charge is 0.504 e. The fourth-order valence-corrected chi connectivity index (χ4v) is 2.55. The third-order valence-electron chi connectivity index (χ3n) is 4.16. The van der Waals surface area contributed by atoms with Crippen molar-refractivity contribution in [1.82, 2.24) is 0 Å². The van der Waals surface area contributed by atoms with Gasteiger partial charge in [0.1, 0.15) is 5.75 Å². The van der Waals surface area contributed by atoms with Crippen molar-refractivity contribution >= 4 is 27.5 Å². The minimum absolute atomic E-state index is 0.202. The van der Waals surface area contributed by atoms with Gasteiger partial charge in [0, 0.05) is 16.2 Å². The molecule has 1 atom stereocenters. The molecule has 0 saturated carbocycles. The number of hydrogen-bond acceptors (Lipinski definition) is 4. The average molecular weight is 310 g/mol. The monoisotopic (exact) mass is 310 g/mol. The summed E-state index contributed by atoms with van der Waals surface area (Å²) in [5, 5.41) is 22.5. The molecule has 0 spiro atoms. The first-order chi connectivity index (χ1) is 11.0. The summed E-state index contributed by atoms with van der Waals surface area (Å²) < 4.78 is 5.66. The maximum absolute atomic E-state index is 12.2. The number of benzene rings is 3. The van der Waals surface area contributed by atoms with Crippen molar-refractivity contribution in [3.8, 4) is 17.2 Å². The Labute approximate surface area is 133 Å². The Morgan fingerprint density at radius 1 is 1.09 bits per heavy atom. The summed E-state index contributed by atoms with van der Waals surface area (Å²) in [6.07, 6.45) is 0.688. The first kappa shape index (κ1) is 15.2. The van der Waals surface area contributed by atoms with Crippen LogP contribution in [0.25, 0.3) is 21.5 Å². The lowest BCUT2D eigenvalue weighted by molar-refractivity contribution is -0.138. The van der Waals surface area contributed by atoms with Crippen LogP contribution in [0.15, 0.2) is 42.5 Å². The van der Waals surface area contributed by atoms with Crippen molar-refractivity contribution in [2.75, 3.05) is 0 Å². The Hall–Kier alpha value is -2.75. The Morgan fingerprint density at radius 2 is 1.83 bits per heavy atom. The molecule has 0 heterocycles. The van der Waals surface area contributed by atoms with Gasteiger partial charge in [-0.15, -0.1) is 0 Å². The van der Waals surface area contributed by atoms with E-state index in [0.29, 0.717) is 22.9 Å². The second kappa shape index (κ2) is 5.80. The lowest BCUT2D eigenvalue weighted by atomic mass is 10.0. The van der Waals surface area contributed by atoms with Crippen molar-refractivity contribution in [2.24, 2.45) is 5.92 Å². The third kappa shape index (κ3) is 2.57. The maximum atomic E-state index is 12.2. The summed E-state index contributed by atoms with van der Waals surface area (Å²) in [7, 11) is 0.